The van der Waals surface area contributed by atoms with E-state index >= 15 is 0 Å². The van der Waals surface area contributed by atoms with E-state index in [0.717, 1.165) is 5.56 Å². The molecule has 0 radical (unpaired) electrons. The highest BCUT2D eigenvalue weighted by Crippen LogP contribution is 2.36. The first kappa shape index (κ1) is 12.3. The number of fused-ring (bicyclic) bond motifs is 2. The molecule has 0 amide bonds. The van der Waals surface area contributed by atoms with Crippen LogP contribution in [0.5, 0.6) is 5.88 Å². The second-order valence-corrected chi connectivity index (χ2v) is 5.63. The van der Waals surface area contributed by atoms with Gasteiger partial charge in [-0.25, -0.2) is 0 Å². The van der Waals surface area contributed by atoms with Crippen molar-refractivity contribution in [3.05, 3.63) is 62.7 Å². The summed E-state index contributed by atoms with van der Waals surface area (Å²) in [5, 5.41) is 3.88. The lowest BCUT2D eigenvalue weighted by Crippen LogP contribution is -2.30. The molecule has 4 heterocycles. The van der Waals surface area contributed by atoms with E-state index in [9.17, 15) is 9.59 Å². The van der Waals surface area contributed by atoms with Gasteiger partial charge in [-0.3, -0.25) is 14.0 Å². The molecule has 0 aliphatic carbocycles. The third-order valence-electron chi connectivity index (χ3n) is 3.61. The van der Waals surface area contributed by atoms with E-state index in [1.54, 1.807) is 24.4 Å². The van der Waals surface area contributed by atoms with Gasteiger partial charge in [0.25, 0.3) is 5.56 Å². The van der Waals surface area contributed by atoms with Crippen molar-refractivity contribution in [2.45, 2.75) is 12.3 Å². The minimum Gasteiger partial charge on any atom is -0.407 e. The molecule has 0 aromatic carbocycles. The average molecular weight is 298 g/mol. The fraction of sp³-hybridized carbons (Fsp3) is 0.133. The summed E-state index contributed by atoms with van der Waals surface area (Å²) in [7, 11) is 0. The van der Waals surface area contributed by atoms with E-state index in [0.29, 0.717) is 11.2 Å². The Bertz CT molecular complexity index is 899. The maximum atomic E-state index is 12.7. The van der Waals surface area contributed by atoms with Crippen LogP contribution in [0.25, 0.3) is 5.65 Å². The maximum Gasteiger partial charge on any atom is 0.313 e. The summed E-state index contributed by atoms with van der Waals surface area (Å²) in [6, 6.07) is 7.20. The zero-order valence-electron chi connectivity index (χ0n) is 10.9. The number of hydrogen-bond donors (Lipinski definition) is 0. The van der Waals surface area contributed by atoms with Crippen molar-refractivity contribution in [2.75, 3.05) is 0 Å². The molecule has 0 saturated carbocycles. The standard InChI is InChI=1S/C15H10N2O3S/c18-12-7-10(9-4-6-21-8-9)13-14(20-12)16-11-3-1-2-5-17(11)15(13)19/h1-6,8,10H,7H2/t10-/m1/s1. The Morgan fingerprint density at radius 2 is 2.19 bits per heavy atom. The summed E-state index contributed by atoms with van der Waals surface area (Å²) < 4.78 is 6.67. The molecule has 0 fully saturated rings. The van der Waals surface area contributed by atoms with E-state index < -0.39 is 0 Å². The van der Waals surface area contributed by atoms with Crippen LogP contribution in [0, 0.1) is 0 Å². The molecular weight excluding hydrogens is 288 g/mol. The van der Waals surface area contributed by atoms with Gasteiger partial charge in [0.2, 0.25) is 5.88 Å². The van der Waals surface area contributed by atoms with Crippen molar-refractivity contribution in [3.63, 3.8) is 0 Å². The molecular formula is C15H10N2O3S. The number of carbonyl (C=O) groups is 1. The highest BCUT2D eigenvalue weighted by atomic mass is 32.1. The van der Waals surface area contributed by atoms with Crippen molar-refractivity contribution >= 4 is 23.0 Å². The molecule has 6 heteroatoms. The first-order valence-electron chi connectivity index (χ1n) is 6.48. The molecule has 104 valence electrons. The first-order valence-corrected chi connectivity index (χ1v) is 7.42. The van der Waals surface area contributed by atoms with Crippen molar-refractivity contribution in [3.8, 4) is 5.88 Å². The molecule has 0 N–H and O–H groups in total. The largest absolute Gasteiger partial charge is 0.407 e. The van der Waals surface area contributed by atoms with Crippen LogP contribution in [0.1, 0.15) is 23.5 Å². The van der Waals surface area contributed by atoms with Crippen molar-refractivity contribution in [1.29, 1.82) is 0 Å². The van der Waals surface area contributed by atoms with E-state index in [-0.39, 0.29) is 29.7 Å². The van der Waals surface area contributed by atoms with Crippen molar-refractivity contribution in [2.24, 2.45) is 0 Å². The van der Waals surface area contributed by atoms with Crippen molar-refractivity contribution in [1.82, 2.24) is 9.38 Å². The molecule has 3 aromatic rings. The van der Waals surface area contributed by atoms with Crippen molar-refractivity contribution < 1.29 is 9.53 Å². The van der Waals surface area contributed by atoms with Gasteiger partial charge in [0.05, 0.1) is 12.0 Å². The van der Waals surface area contributed by atoms with Gasteiger partial charge in [0.15, 0.2) is 0 Å². The maximum absolute atomic E-state index is 12.7. The minimum absolute atomic E-state index is 0.138. The smallest absolute Gasteiger partial charge is 0.313 e. The molecule has 4 rings (SSSR count). The Kier molecular flexibility index (Phi) is 2.65. The fourth-order valence-corrected chi connectivity index (χ4v) is 3.35. The normalized spacial score (nSPS) is 17.5. The van der Waals surface area contributed by atoms with E-state index in [4.69, 9.17) is 4.74 Å². The van der Waals surface area contributed by atoms with Crippen LogP contribution in [0.2, 0.25) is 0 Å². The van der Waals surface area contributed by atoms with Gasteiger partial charge < -0.3 is 4.74 Å². The van der Waals surface area contributed by atoms with Crippen LogP contribution in [0.15, 0.2) is 46.0 Å². The van der Waals surface area contributed by atoms with Crippen LogP contribution in [0.4, 0.5) is 0 Å². The summed E-state index contributed by atoms with van der Waals surface area (Å²) >= 11 is 1.54. The number of carbonyl (C=O) groups excluding carboxylic acids is 1. The Morgan fingerprint density at radius 3 is 3.00 bits per heavy atom. The third-order valence-corrected chi connectivity index (χ3v) is 4.31. The van der Waals surface area contributed by atoms with Crippen LogP contribution < -0.4 is 10.3 Å². The first-order chi connectivity index (χ1) is 10.2. The van der Waals surface area contributed by atoms with Gasteiger partial charge in [0, 0.05) is 12.1 Å². The van der Waals surface area contributed by atoms with Crippen LogP contribution in [-0.4, -0.2) is 15.4 Å². The Balaban J connectivity index is 2.04. The summed E-state index contributed by atoms with van der Waals surface area (Å²) in [4.78, 5) is 28.8. The molecule has 0 spiro atoms. The Morgan fingerprint density at radius 1 is 1.29 bits per heavy atom. The summed E-state index contributed by atoms with van der Waals surface area (Å²) in [6.45, 7) is 0. The predicted molar refractivity (Wildman–Crippen MR) is 77.9 cm³/mol. The number of thiophene rings is 1. The number of aromatic nitrogens is 2. The van der Waals surface area contributed by atoms with Gasteiger partial charge in [-0.2, -0.15) is 16.3 Å². The second kappa shape index (κ2) is 4.53. The monoisotopic (exact) mass is 298 g/mol. The summed E-state index contributed by atoms with van der Waals surface area (Å²) in [6.07, 6.45) is 1.84. The van der Waals surface area contributed by atoms with E-state index in [1.807, 2.05) is 16.8 Å². The molecule has 0 unspecified atom stereocenters. The Labute approximate surface area is 123 Å². The number of pyridine rings is 1. The summed E-state index contributed by atoms with van der Waals surface area (Å²) in [5.74, 6) is -0.505. The van der Waals surface area contributed by atoms with Gasteiger partial charge in [-0.05, 0) is 34.5 Å². The number of nitrogens with zero attached hydrogens (tertiary/aromatic N) is 2. The van der Waals surface area contributed by atoms with Crippen LogP contribution >= 0.6 is 11.3 Å². The van der Waals surface area contributed by atoms with Gasteiger partial charge in [-0.15, -0.1) is 0 Å². The number of ether oxygens (including phenoxy) is 1. The van der Waals surface area contributed by atoms with Gasteiger partial charge in [-0.1, -0.05) is 6.07 Å². The molecule has 21 heavy (non-hydrogen) atoms. The average Bonchev–Trinajstić information content (AvgIpc) is 3.00. The number of hydrogen-bond acceptors (Lipinski definition) is 5. The lowest BCUT2D eigenvalue weighted by Gasteiger charge is -2.22. The quantitative estimate of drug-likeness (QED) is 0.646. The zero-order chi connectivity index (χ0) is 14.4. The summed E-state index contributed by atoms with van der Waals surface area (Å²) in [5.41, 5.74) is 1.70. The molecule has 1 atom stereocenters. The van der Waals surface area contributed by atoms with Gasteiger partial charge in [0.1, 0.15) is 5.65 Å². The molecule has 3 aromatic heterocycles. The van der Waals surface area contributed by atoms with E-state index in [1.165, 1.54) is 15.7 Å². The highest BCUT2D eigenvalue weighted by Gasteiger charge is 2.33. The lowest BCUT2D eigenvalue weighted by atomic mass is 9.90. The van der Waals surface area contributed by atoms with E-state index in [2.05, 4.69) is 4.98 Å². The molecule has 5 nitrogen and oxygen atoms in total. The fourth-order valence-electron chi connectivity index (χ4n) is 2.63. The highest BCUT2D eigenvalue weighted by molar-refractivity contribution is 7.08. The third kappa shape index (κ3) is 1.87. The van der Waals surface area contributed by atoms with Crippen LogP contribution in [-0.2, 0) is 4.79 Å². The number of esters is 1. The number of rotatable bonds is 1. The van der Waals surface area contributed by atoms with Crippen LogP contribution in [0.3, 0.4) is 0 Å². The SMILES string of the molecule is O=C1C[C@H](c2ccsc2)c2c(nc3ccccn3c2=O)O1. The molecule has 0 bridgehead atoms. The lowest BCUT2D eigenvalue weighted by molar-refractivity contribution is -0.135. The molecule has 0 saturated heterocycles. The Hall–Kier alpha value is -2.47. The second-order valence-electron chi connectivity index (χ2n) is 4.85. The molecule has 1 aliphatic heterocycles. The van der Waals surface area contributed by atoms with Gasteiger partial charge >= 0.3 is 5.97 Å². The molecule has 1 aliphatic rings. The topological polar surface area (TPSA) is 60.7 Å². The zero-order valence-corrected chi connectivity index (χ0v) is 11.7. The predicted octanol–water partition coefficient (Wildman–Crippen LogP) is 2.20. The minimum atomic E-state index is -0.356.